The van der Waals surface area contributed by atoms with E-state index in [0.29, 0.717) is 42.9 Å². The van der Waals surface area contributed by atoms with Crippen LogP contribution in [0.25, 0.3) is 0 Å². The Morgan fingerprint density at radius 2 is 1.73 bits per heavy atom. The van der Waals surface area contributed by atoms with Gasteiger partial charge in [-0.3, -0.25) is 24.1 Å². The summed E-state index contributed by atoms with van der Waals surface area (Å²) in [4.78, 5) is 53.1. The standard InChI is InChI=1S/C24H24FN3O5/c1-15(22(30)28-14-21(29)26-19-4-2-3-5-20(19)28)33-24(32)17-10-12-27(13-11-17)23(31)16-6-8-18(25)9-7-16/h2-9,15,17H,10-14H2,1H3,(H,26,29). The normalized spacial score (nSPS) is 17.1. The van der Waals surface area contributed by atoms with Crippen LogP contribution in [0.5, 0.6) is 0 Å². The average molecular weight is 453 g/mol. The minimum atomic E-state index is -1.06. The highest BCUT2D eigenvalue weighted by Crippen LogP contribution is 2.30. The second-order valence-corrected chi connectivity index (χ2v) is 8.14. The molecule has 2 aromatic carbocycles. The third-order valence-electron chi connectivity index (χ3n) is 5.88. The molecule has 0 aliphatic carbocycles. The van der Waals surface area contributed by atoms with Crippen molar-refractivity contribution in [3.8, 4) is 0 Å². The van der Waals surface area contributed by atoms with Gasteiger partial charge in [0.05, 0.1) is 17.3 Å². The molecule has 33 heavy (non-hydrogen) atoms. The fourth-order valence-corrected chi connectivity index (χ4v) is 4.06. The summed E-state index contributed by atoms with van der Waals surface area (Å²) in [6.07, 6.45) is -0.251. The van der Waals surface area contributed by atoms with E-state index in [-0.39, 0.29) is 18.4 Å². The number of halogens is 1. The van der Waals surface area contributed by atoms with Crippen LogP contribution in [0.2, 0.25) is 0 Å². The minimum absolute atomic E-state index is 0.151. The largest absolute Gasteiger partial charge is 0.452 e. The molecule has 0 bridgehead atoms. The van der Waals surface area contributed by atoms with Gasteiger partial charge in [-0.1, -0.05) is 12.1 Å². The van der Waals surface area contributed by atoms with Crippen molar-refractivity contribution in [3.05, 3.63) is 59.9 Å². The topological polar surface area (TPSA) is 96.0 Å². The maximum absolute atomic E-state index is 13.1. The molecule has 0 saturated carbocycles. The lowest BCUT2D eigenvalue weighted by Crippen LogP contribution is -2.47. The number of hydrogen-bond acceptors (Lipinski definition) is 5. The number of fused-ring (bicyclic) bond motifs is 1. The number of para-hydroxylation sites is 2. The van der Waals surface area contributed by atoms with E-state index in [4.69, 9.17) is 4.74 Å². The molecule has 2 aliphatic heterocycles. The number of amides is 3. The predicted octanol–water partition coefficient (Wildman–Crippen LogP) is 2.59. The molecule has 2 heterocycles. The molecule has 2 aliphatic rings. The van der Waals surface area contributed by atoms with Gasteiger partial charge in [-0.25, -0.2) is 4.39 Å². The van der Waals surface area contributed by atoms with E-state index in [0.717, 1.165) is 0 Å². The molecule has 0 spiro atoms. The summed E-state index contributed by atoms with van der Waals surface area (Å²) >= 11 is 0. The lowest BCUT2D eigenvalue weighted by molar-refractivity contribution is -0.159. The number of anilines is 2. The number of likely N-dealkylation sites (tertiary alicyclic amines) is 1. The van der Waals surface area contributed by atoms with Gasteiger partial charge in [0.15, 0.2) is 6.10 Å². The molecule has 1 atom stereocenters. The summed E-state index contributed by atoms with van der Waals surface area (Å²) in [7, 11) is 0. The molecule has 1 unspecified atom stereocenters. The van der Waals surface area contributed by atoms with Crippen LogP contribution in [0.4, 0.5) is 15.8 Å². The highest BCUT2D eigenvalue weighted by atomic mass is 19.1. The van der Waals surface area contributed by atoms with Crippen molar-refractivity contribution >= 4 is 35.1 Å². The molecule has 9 heteroatoms. The van der Waals surface area contributed by atoms with Gasteiger partial charge in [0.2, 0.25) is 5.91 Å². The Balaban J connectivity index is 1.33. The first-order valence-electron chi connectivity index (χ1n) is 10.8. The molecule has 1 fully saturated rings. The van der Waals surface area contributed by atoms with Crippen molar-refractivity contribution in [2.75, 3.05) is 29.9 Å². The summed E-state index contributed by atoms with van der Waals surface area (Å²) in [5.41, 5.74) is 1.47. The summed E-state index contributed by atoms with van der Waals surface area (Å²) < 4.78 is 18.5. The quantitative estimate of drug-likeness (QED) is 0.718. The number of esters is 1. The monoisotopic (exact) mass is 453 g/mol. The Kier molecular flexibility index (Phi) is 6.39. The number of carbonyl (C=O) groups excluding carboxylic acids is 4. The van der Waals surface area contributed by atoms with E-state index in [2.05, 4.69) is 5.32 Å². The van der Waals surface area contributed by atoms with E-state index in [1.54, 1.807) is 29.2 Å². The third kappa shape index (κ3) is 4.87. The zero-order valence-corrected chi connectivity index (χ0v) is 18.1. The maximum atomic E-state index is 13.1. The Morgan fingerprint density at radius 1 is 1.06 bits per heavy atom. The molecule has 4 rings (SSSR count). The average Bonchev–Trinajstić information content (AvgIpc) is 2.83. The van der Waals surface area contributed by atoms with E-state index in [1.807, 2.05) is 0 Å². The fourth-order valence-electron chi connectivity index (χ4n) is 4.06. The smallest absolute Gasteiger partial charge is 0.309 e. The number of hydrogen-bond donors (Lipinski definition) is 1. The highest BCUT2D eigenvalue weighted by molar-refractivity contribution is 6.11. The minimum Gasteiger partial charge on any atom is -0.452 e. The van der Waals surface area contributed by atoms with Gasteiger partial charge in [-0.15, -0.1) is 0 Å². The van der Waals surface area contributed by atoms with Crippen molar-refractivity contribution in [2.24, 2.45) is 5.92 Å². The number of nitrogens with one attached hydrogen (secondary N) is 1. The number of carbonyl (C=O) groups is 4. The summed E-state index contributed by atoms with van der Waals surface area (Å²) in [6.45, 7) is 2.06. The van der Waals surface area contributed by atoms with Crippen molar-refractivity contribution in [1.29, 1.82) is 0 Å². The molecule has 1 N–H and O–H groups in total. The predicted molar refractivity (Wildman–Crippen MR) is 118 cm³/mol. The van der Waals surface area contributed by atoms with Crippen molar-refractivity contribution in [1.82, 2.24) is 4.90 Å². The molecule has 0 radical (unpaired) electrons. The van der Waals surface area contributed by atoms with Gasteiger partial charge >= 0.3 is 5.97 Å². The van der Waals surface area contributed by atoms with Gasteiger partial charge in [-0.2, -0.15) is 0 Å². The van der Waals surface area contributed by atoms with Crippen LogP contribution in [-0.2, 0) is 19.1 Å². The van der Waals surface area contributed by atoms with E-state index in [9.17, 15) is 23.6 Å². The van der Waals surface area contributed by atoms with Gasteiger partial charge in [0, 0.05) is 18.7 Å². The van der Waals surface area contributed by atoms with Gasteiger partial charge in [-0.05, 0) is 56.2 Å². The number of piperidine rings is 1. The second-order valence-electron chi connectivity index (χ2n) is 8.14. The third-order valence-corrected chi connectivity index (χ3v) is 5.88. The molecule has 8 nitrogen and oxygen atoms in total. The lowest BCUT2D eigenvalue weighted by atomic mass is 9.96. The zero-order chi connectivity index (χ0) is 23.5. The second kappa shape index (κ2) is 9.40. The molecule has 172 valence electrons. The van der Waals surface area contributed by atoms with E-state index in [1.165, 1.54) is 36.1 Å². The Bertz CT molecular complexity index is 1080. The van der Waals surface area contributed by atoms with Crippen LogP contribution in [0.15, 0.2) is 48.5 Å². The molecular formula is C24H24FN3O5. The van der Waals surface area contributed by atoms with Crippen LogP contribution < -0.4 is 10.2 Å². The summed E-state index contributed by atoms with van der Waals surface area (Å²) in [5.74, 6) is -2.36. The first kappa shape index (κ1) is 22.4. The first-order valence-corrected chi connectivity index (χ1v) is 10.8. The van der Waals surface area contributed by atoms with Crippen LogP contribution in [-0.4, -0.2) is 54.3 Å². The number of rotatable bonds is 4. The number of ether oxygens (including phenoxy) is 1. The number of benzene rings is 2. The van der Waals surface area contributed by atoms with Crippen LogP contribution >= 0.6 is 0 Å². The highest BCUT2D eigenvalue weighted by Gasteiger charge is 2.34. The Labute approximate surface area is 190 Å². The molecule has 2 aromatic rings. The van der Waals surface area contributed by atoms with Crippen LogP contribution in [0.1, 0.15) is 30.1 Å². The summed E-state index contributed by atoms with van der Waals surface area (Å²) in [6, 6.07) is 12.3. The zero-order valence-electron chi connectivity index (χ0n) is 18.1. The lowest BCUT2D eigenvalue weighted by Gasteiger charge is -2.33. The summed E-state index contributed by atoms with van der Waals surface area (Å²) in [5, 5.41) is 2.71. The SMILES string of the molecule is CC(OC(=O)C1CCN(C(=O)c2ccc(F)cc2)CC1)C(=O)N1CC(=O)Nc2ccccc21. The molecule has 1 saturated heterocycles. The molecule has 3 amide bonds. The van der Waals surface area contributed by atoms with Gasteiger partial charge in [0.25, 0.3) is 11.8 Å². The van der Waals surface area contributed by atoms with Crippen molar-refractivity contribution in [2.45, 2.75) is 25.9 Å². The van der Waals surface area contributed by atoms with E-state index >= 15 is 0 Å². The Morgan fingerprint density at radius 3 is 2.42 bits per heavy atom. The number of nitrogens with zero attached hydrogens (tertiary/aromatic N) is 2. The van der Waals surface area contributed by atoms with Crippen molar-refractivity contribution in [3.63, 3.8) is 0 Å². The van der Waals surface area contributed by atoms with E-state index < -0.39 is 29.7 Å². The first-order chi connectivity index (χ1) is 15.8. The molecular weight excluding hydrogens is 429 g/mol. The Hall–Kier alpha value is -3.75. The van der Waals surface area contributed by atoms with Crippen LogP contribution in [0, 0.1) is 11.7 Å². The molecule has 0 aromatic heterocycles. The van der Waals surface area contributed by atoms with Crippen molar-refractivity contribution < 1.29 is 28.3 Å². The van der Waals surface area contributed by atoms with Gasteiger partial charge < -0.3 is 15.0 Å². The fraction of sp³-hybridized carbons (Fsp3) is 0.333. The maximum Gasteiger partial charge on any atom is 0.309 e. The van der Waals surface area contributed by atoms with Gasteiger partial charge in [0.1, 0.15) is 12.4 Å². The van der Waals surface area contributed by atoms with Crippen LogP contribution in [0.3, 0.4) is 0 Å².